The highest BCUT2D eigenvalue weighted by molar-refractivity contribution is 7.90. The Morgan fingerprint density at radius 1 is 1.45 bits per heavy atom. The van der Waals surface area contributed by atoms with E-state index in [0.29, 0.717) is 35.1 Å². The molecule has 2 heterocycles. The van der Waals surface area contributed by atoms with E-state index in [1.54, 1.807) is 19.9 Å². The average molecular weight is 318 g/mol. The topological polar surface area (TPSA) is 75.7 Å². The number of esters is 1. The third-order valence-corrected chi connectivity index (χ3v) is 5.80. The lowest BCUT2D eigenvalue weighted by Crippen LogP contribution is -2.33. The lowest BCUT2D eigenvalue weighted by atomic mass is 10.3. The van der Waals surface area contributed by atoms with Crippen molar-refractivity contribution < 1.29 is 17.9 Å². The molecular weight excluding hydrogens is 300 g/mol. The number of anilines is 1. The molecule has 0 unspecified atom stereocenters. The van der Waals surface area contributed by atoms with Gasteiger partial charge < -0.3 is 4.74 Å². The van der Waals surface area contributed by atoms with Crippen molar-refractivity contribution in [3.05, 3.63) is 16.5 Å². The first kappa shape index (κ1) is 15.3. The number of hydrogen-bond donors (Lipinski definition) is 1. The molecule has 6 nitrogen and oxygen atoms in total. The van der Waals surface area contributed by atoms with Crippen molar-refractivity contribution in [1.29, 1.82) is 0 Å². The predicted molar refractivity (Wildman–Crippen MR) is 78.4 cm³/mol. The summed E-state index contributed by atoms with van der Waals surface area (Å²) in [5.74, 6) is -0.415. The van der Waals surface area contributed by atoms with E-state index in [4.69, 9.17) is 4.74 Å². The van der Waals surface area contributed by atoms with Crippen LogP contribution in [0.4, 0.5) is 5.00 Å². The minimum Gasteiger partial charge on any atom is -0.462 e. The van der Waals surface area contributed by atoms with Gasteiger partial charge in [-0.1, -0.05) is 0 Å². The molecule has 1 aliphatic heterocycles. The standard InChI is InChI=1S/C12H18N2O4S2/c1-3-18-12(15)11-9(2)8-10(19-11)13-20(16,17)14-6-4-5-7-14/h8,13H,3-7H2,1-2H3. The lowest BCUT2D eigenvalue weighted by Gasteiger charge is -2.15. The normalized spacial score (nSPS) is 16.3. The van der Waals surface area contributed by atoms with Crippen molar-refractivity contribution in [1.82, 2.24) is 4.31 Å². The Labute approximate surface area is 122 Å². The van der Waals surface area contributed by atoms with Crippen LogP contribution < -0.4 is 4.72 Å². The fourth-order valence-corrected chi connectivity index (χ4v) is 4.53. The second-order valence-corrected chi connectivity index (χ2v) is 7.28. The van der Waals surface area contributed by atoms with E-state index in [1.807, 2.05) is 0 Å². The molecule has 1 aromatic rings. The van der Waals surface area contributed by atoms with Crippen molar-refractivity contribution in [2.75, 3.05) is 24.4 Å². The molecule has 20 heavy (non-hydrogen) atoms. The number of nitrogens with one attached hydrogen (secondary N) is 1. The van der Waals surface area contributed by atoms with Crippen LogP contribution in [0.2, 0.25) is 0 Å². The van der Waals surface area contributed by atoms with Gasteiger partial charge in [0, 0.05) is 13.1 Å². The Kier molecular flexibility index (Phi) is 4.66. The Morgan fingerprint density at radius 2 is 2.10 bits per heavy atom. The lowest BCUT2D eigenvalue weighted by molar-refractivity contribution is 0.0531. The second kappa shape index (κ2) is 6.11. The predicted octanol–water partition coefficient (Wildman–Crippen LogP) is 1.99. The summed E-state index contributed by atoms with van der Waals surface area (Å²) in [6.45, 7) is 4.88. The maximum atomic E-state index is 12.1. The molecule has 0 saturated carbocycles. The molecule has 1 N–H and O–H groups in total. The Balaban J connectivity index is 2.14. The summed E-state index contributed by atoms with van der Waals surface area (Å²) in [7, 11) is -3.51. The number of hydrogen-bond acceptors (Lipinski definition) is 5. The largest absolute Gasteiger partial charge is 0.462 e. The van der Waals surface area contributed by atoms with Gasteiger partial charge in [0.25, 0.3) is 0 Å². The SMILES string of the molecule is CCOC(=O)c1sc(NS(=O)(=O)N2CCCC2)cc1C. The van der Waals surface area contributed by atoms with Crippen LogP contribution in [0.25, 0.3) is 0 Å². The summed E-state index contributed by atoms with van der Waals surface area (Å²) in [6.07, 6.45) is 1.77. The van der Waals surface area contributed by atoms with Crippen LogP contribution in [0.1, 0.15) is 35.0 Å². The van der Waals surface area contributed by atoms with Crippen LogP contribution in [-0.4, -0.2) is 38.4 Å². The third-order valence-electron chi connectivity index (χ3n) is 3.01. The monoisotopic (exact) mass is 318 g/mol. The van der Waals surface area contributed by atoms with Crippen LogP contribution in [-0.2, 0) is 14.9 Å². The second-order valence-electron chi connectivity index (χ2n) is 4.56. The quantitative estimate of drug-likeness (QED) is 0.842. The van der Waals surface area contributed by atoms with Crippen LogP contribution >= 0.6 is 11.3 Å². The van der Waals surface area contributed by atoms with Crippen LogP contribution in [0.3, 0.4) is 0 Å². The number of rotatable bonds is 5. The maximum absolute atomic E-state index is 12.1. The highest BCUT2D eigenvalue weighted by Gasteiger charge is 2.26. The Hall–Kier alpha value is -1.12. The van der Waals surface area contributed by atoms with Gasteiger partial charge in [0.1, 0.15) is 9.88 Å². The van der Waals surface area contributed by atoms with Gasteiger partial charge in [-0.2, -0.15) is 12.7 Å². The fourth-order valence-electron chi connectivity index (χ4n) is 2.05. The average Bonchev–Trinajstić information content (AvgIpc) is 2.98. The number of aryl methyl sites for hydroxylation is 1. The van der Waals surface area contributed by atoms with E-state index in [0.717, 1.165) is 24.2 Å². The number of carbonyl (C=O) groups excluding carboxylic acids is 1. The van der Waals surface area contributed by atoms with Gasteiger partial charge in [-0.15, -0.1) is 11.3 Å². The van der Waals surface area contributed by atoms with Gasteiger partial charge >= 0.3 is 16.2 Å². The molecule has 0 atom stereocenters. The van der Waals surface area contributed by atoms with E-state index >= 15 is 0 Å². The smallest absolute Gasteiger partial charge is 0.348 e. The van der Waals surface area contributed by atoms with Crippen LogP contribution in [0.15, 0.2) is 6.07 Å². The summed E-state index contributed by atoms with van der Waals surface area (Å²) < 4.78 is 33.1. The molecule has 1 saturated heterocycles. The Bertz CT molecular complexity index is 589. The van der Waals surface area contributed by atoms with Gasteiger partial charge in [-0.3, -0.25) is 4.72 Å². The molecule has 112 valence electrons. The highest BCUT2D eigenvalue weighted by Crippen LogP contribution is 2.29. The van der Waals surface area contributed by atoms with E-state index in [-0.39, 0.29) is 0 Å². The first-order chi connectivity index (χ1) is 9.44. The number of ether oxygens (including phenoxy) is 1. The molecule has 1 fully saturated rings. The van der Waals surface area contributed by atoms with E-state index in [2.05, 4.69) is 4.72 Å². The zero-order valence-corrected chi connectivity index (χ0v) is 13.1. The summed E-state index contributed by atoms with van der Waals surface area (Å²) in [4.78, 5) is 12.1. The maximum Gasteiger partial charge on any atom is 0.348 e. The summed E-state index contributed by atoms with van der Waals surface area (Å²) >= 11 is 1.10. The van der Waals surface area contributed by atoms with Gasteiger partial charge in [0.15, 0.2) is 0 Å². The molecule has 0 aromatic carbocycles. The molecule has 8 heteroatoms. The molecule has 0 aliphatic carbocycles. The minimum atomic E-state index is -3.51. The van der Waals surface area contributed by atoms with Gasteiger partial charge in [0.05, 0.1) is 6.61 Å². The molecule has 0 spiro atoms. The summed E-state index contributed by atoms with van der Waals surface area (Å²) in [5, 5.41) is 0.442. The molecule has 0 bridgehead atoms. The van der Waals surface area contributed by atoms with Crippen molar-refractivity contribution in [2.45, 2.75) is 26.7 Å². The molecule has 2 rings (SSSR count). The summed E-state index contributed by atoms with van der Waals surface area (Å²) in [6, 6.07) is 1.66. The number of nitrogens with zero attached hydrogens (tertiary/aromatic N) is 1. The molecule has 1 aromatic heterocycles. The minimum absolute atomic E-state index is 0.297. The van der Waals surface area contributed by atoms with Gasteiger partial charge in [-0.25, -0.2) is 4.79 Å². The third kappa shape index (κ3) is 3.31. The summed E-state index contributed by atoms with van der Waals surface area (Å²) in [5.41, 5.74) is 0.715. The molecule has 0 amide bonds. The number of carbonyl (C=O) groups is 1. The van der Waals surface area contributed by atoms with E-state index in [1.165, 1.54) is 4.31 Å². The van der Waals surface area contributed by atoms with Crippen molar-refractivity contribution in [3.63, 3.8) is 0 Å². The molecular formula is C12H18N2O4S2. The van der Waals surface area contributed by atoms with Crippen LogP contribution in [0.5, 0.6) is 0 Å². The first-order valence-corrected chi connectivity index (χ1v) is 8.75. The zero-order chi connectivity index (χ0) is 14.8. The van der Waals surface area contributed by atoms with Crippen molar-refractivity contribution in [3.8, 4) is 0 Å². The molecule has 1 aliphatic rings. The van der Waals surface area contributed by atoms with Crippen molar-refractivity contribution >= 4 is 32.5 Å². The van der Waals surface area contributed by atoms with Crippen LogP contribution in [0, 0.1) is 6.92 Å². The van der Waals surface area contributed by atoms with E-state index in [9.17, 15) is 13.2 Å². The van der Waals surface area contributed by atoms with Gasteiger partial charge in [-0.05, 0) is 38.3 Å². The number of thiophene rings is 1. The Morgan fingerprint density at radius 3 is 2.70 bits per heavy atom. The highest BCUT2D eigenvalue weighted by atomic mass is 32.2. The van der Waals surface area contributed by atoms with E-state index < -0.39 is 16.2 Å². The van der Waals surface area contributed by atoms with Crippen molar-refractivity contribution in [2.24, 2.45) is 0 Å². The van der Waals surface area contributed by atoms with Gasteiger partial charge in [0.2, 0.25) is 0 Å². The zero-order valence-electron chi connectivity index (χ0n) is 11.5. The first-order valence-electron chi connectivity index (χ1n) is 6.49. The molecule has 0 radical (unpaired) electrons. The fraction of sp³-hybridized carbons (Fsp3) is 0.583.